The van der Waals surface area contributed by atoms with E-state index in [0.717, 1.165) is 22.5 Å². The van der Waals surface area contributed by atoms with E-state index in [1.807, 2.05) is 12.1 Å². The molecule has 27 heavy (non-hydrogen) atoms. The van der Waals surface area contributed by atoms with Crippen molar-refractivity contribution in [2.24, 2.45) is 0 Å². The number of H-pyrrole nitrogens is 1. The molecule has 1 aromatic heterocycles. The van der Waals surface area contributed by atoms with Gasteiger partial charge in [-0.25, -0.2) is 4.99 Å². The van der Waals surface area contributed by atoms with Crippen molar-refractivity contribution >= 4 is 34.0 Å². The topological polar surface area (TPSA) is 39.0 Å². The Hall–Kier alpha value is -3.59. The van der Waals surface area contributed by atoms with Gasteiger partial charge in [0.1, 0.15) is 5.75 Å². The van der Waals surface area contributed by atoms with E-state index in [1.54, 1.807) is 7.11 Å². The fourth-order valence-corrected chi connectivity index (χ4v) is 3.77. The molecule has 5 rings (SSSR count). The molecular formula is C24H19N2O+. The Labute approximate surface area is 157 Å². The Morgan fingerprint density at radius 3 is 2.52 bits per heavy atom. The minimum absolute atomic E-state index is 0.857. The number of rotatable bonds is 3. The van der Waals surface area contributed by atoms with Gasteiger partial charge in [-0.3, -0.25) is 0 Å². The second-order valence-corrected chi connectivity index (χ2v) is 6.60. The molecule has 0 atom stereocenters. The minimum Gasteiger partial charge on any atom is -0.497 e. The van der Waals surface area contributed by atoms with Gasteiger partial charge in [-0.15, -0.1) is 0 Å². The second-order valence-electron chi connectivity index (χ2n) is 6.60. The molecule has 2 heterocycles. The number of ether oxygens (including phenoxy) is 1. The molecule has 0 saturated heterocycles. The molecule has 3 heteroatoms. The summed E-state index contributed by atoms with van der Waals surface area (Å²) in [6.07, 6.45) is 4.21. The summed E-state index contributed by atoms with van der Waals surface area (Å²) in [5.74, 6) is 0.857. The van der Waals surface area contributed by atoms with Crippen LogP contribution in [0.2, 0.25) is 0 Å². The lowest BCUT2D eigenvalue weighted by Crippen LogP contribution is -2.58. The molecule has 4 aromatic rings. The van der Waals surface area contributed by atoms with Crippen LogP contribution in [0.3, 0.4) is 0 Å². The lowest BCUT2D eigenvalue weighted by molar-refractivity contribution is -0.342. The maximum absolute atomic E-state index is 5.35. The maximum Gasteiger partial charge on any atom is 0.211 e. The standard InChI is InChI=1S/C24H18N2O/c1-27-17-12-10-16(11-13-17)24(20-14-25-22-8-4-2-6-18(20)22)21-15-26-23-9-5-3-7-19(21)23/h2-15,25H,1H3/p+1/b24-21+. The summed E-state index contributed by atoms with van der Waals surface area (Å²) in [6, 6.07) is 25.1. The first-order chi connectivity index (χ1) is 13.3. The first-order valence-corrected chi connectivity index (χ1v) is 8.99. The molecule has 3 nitrogen and oxygen atoms in total. The number of methoxy groups -OCH3 is 1. The highest BCUT2D eigenvalue weighted by molar-refractivity contribution is 6.24. The summed E-state index contributed by atoms with van der Waals surface area (Å²) < 4.78 is 5.35. The highest BCUT2D eigenvalue weighted by atomic mass is 16.5. The molecule has 0 unspecified atom stereocenters. The summed E-state index contributed by atoms with van der Waals surface area (Å²) in [5.41, 5.74) is 8.24. The minimum atomic E-state index is 0.857. The van der Waals surface area contributed by atoms with Crippen LogP contribution in [-0.2, 0) is 0 Å². The number of hydrogen-bond donors (Lipinski definition) is 2. The number of benzene rings is 3. The van der Waals surface area contributed by atoms with E-state index < -0.39 is 0 Å². The zero-order chi connectivity index (χ0) is 18.2. The summed E-state index contributed by atoms with van der Waals surface area (Å²) in [5, 5.41) is 1.22. The molecule has 0 saturated carbocycles. The number of nitrogens with one attached hydrogen (secondary N) is 2. The zero-order valence-corrected chi connectivity index (χ0v) is 15.0. The summed E-state index contributed by atoms with van der Waals surface area (Å²) in [4.78, 5) is 6.83. The average Bonchev–Trinajstić information content (AvgIpc) is 3.34. The van der Waals surface area contributed by atoms with E-state index in [0.29, 0.717) is 0 Å². The Morgan fingerprint density at radius 2 is 1.67 bits per heavy atom. The van der Waals surface area contributed by atoms with E-state index >= 15 is 0 Å². The first kappa shape index (κ1) is 15.6. The van der Waals surface area contributed by atoms with Gasteiger partial charge in [-0.1, -0.05) is 42.5 Å². The third kappa shape index (κ3) is 2.56. The van der Waals surface area contributed by atoms with Crippen LogP contribution in [-0.4, -0.2) is 18.3 Å². The molecule has 2 N–H and O–H groups in total. The average molecular weight is 351 g/mol. The molecule has 0 bridgehead atoms. The lowest BCUT2D eigenvalue weighted by Gasteiger charge is -2.11. The number of fused-ring (bicyclic) bond motifs is 2. The monoisotopic (exact) mass is 351 g/mol. The second kappa shape index (κ2) is 6.29. The molecule has 0 radical (unpaired) electrons. The van der Waals surface area contributed by atoms with Gasteiger partial charge in [-0.2, -0.15) is 0 Å². The number of aromatic nitrogens is 1. The fraction of sp³-hybridized carbons (Fsp3) is 0.0417. The van der Waals surface area contributed by atoms with Gasteiger partial charge in [-0.05, 0) is 29.8 Å². The van der Waals surface area contributed by atoms with Gasteiger partial charge < -0.3 is 9.72 Å². The van der Waals surface area contributed by atoms with Crippen LogP contribution < -0.4 is 9.73 Å². The Kier molecular flexibility index (Phi) is 3.65. The molecule has 0 fully saturated rings. The van der Waals surface area contributed by atoms with Crippen LogP contribution >= 0.6 is 0 Å². The van der Waals surface area contributed by atoms with Crippen molar-refractivity contribution in [2.45, 2.75) is 0 Å². The quantitative estimate of drug-likeness (QED) is 0.577. The van der Waals surface area contributed by atoms with Crippen LogP contribution in [0.15, 0.2) is 79.0 Å². The molecular weight excluding hydrogens is 332 g/mol. The maximum atomic E-state index is 5.35. The van der Waals surface area contributed by atoms with Crippen molar-refractivity contribution in [3.63, 3.8) is 0 Å². The van der Waals surface area contributed by atoms with E-state index in [1.165, 1.54) is 27.7 Å². The van der Waals surface area contributed by atoms with Gasteiger partial charge in [0.05, 0.1) is 18.2 Å². The van der Waals surface area contributed by atoms with Gasteiger partial charge in [0, 0.05) is 34.3 Å². The number of allylic oxidation sites excluding steroid dienone is 1. The van der Waals surface area contributed by atoms with Crippen LogP contribution in [0.5, 0.6) is 5.75 Å². The van der Waals surface area contributed by atoms with Gasteiger partial charge in [0.15, 0.2) is 6.21 Å². The Balaban J connectivity index is 1.81. The first-order valence-electron chi connectivity index (χ1n) is 8.99. The van der Waals surface area contributed by atoms with Crippen molar-refractivity contribution in [3.05, 3.63) is 95.7 Å². The fourth-order valence-electron chi connectivity index (χ4n) is 3.77. The number of aromatic amines is 1. The van der Waals surface area contributed by atoms with Crippen molar-refractivity contribution in [3.8, 4) is 5.75 Å². The normalized spacial score (nSPS) is 14.4. The largest absolute Gasteiger partial charge is 0.497 e. The highest BCUT2D eigenvalue weighted by Crippen LogP contribution is 2.37. The molecule has 0 spiro atoms. The smallest absolute Gasteiger partial charge is 0.211 e. The van der Waals surface area contributed by atoms with E-state index in [2.05, 4.69) is 83.1 Å². The van der Waals surface area contributed by atoms with Crippen molar-refractivity contribution in [1.82, 2.24) is 4.98 Å². The van der Waals surface area contributed by atoms with Crippen LogP contribution in [0.1, 0.15) is 16.7 Å². The molecule has 3 aromatic carbocycles. The molecule has 1 aliphatic rings. The summed E-state index contributed by atoms with van der Waals surface area (Å²) >= 11 is 0. The third-order valence-corrected chi connectivity index (χ3v) is 5.10. The molecule has 0 amide bonds. The van der Waals surface area contributed by atoms with Crippen molar-refractivity contribution < 1.29 is 9.73 Å². The van der Waals surface area contributed by atoms with Gasteiger partial charge in [0.25, 0.3) is 0 Å². The highest BCUT2D eigenvalue weighted by Gasteiger charge is 2.24. The van der Waals surface area contributed by atoms with E-state index in [-0.39, 0.29) is 0 Å². The van der Waals surface area contributed by atoms with Crippen LogP contribution in [0, 0.1) is 0 Å². The predicted molar refractivity (Wildman–Crippen MR) is 110 cm³/mol. The SMILES string of the molecule is COc1ccc(/C(=C2/C=[NH+]c3ccccc32)c2c[nH]c3ccccc23)cc1. The van der Waals surface area contributed by atoms with Crippen LogP contribution in [0.4, 0.5) is 5.69 Å². The summed E-state index contributed by atoms with van der Waals surface area (Å²) in [7, 11) is 1.69. The number of hydrogen-bond acceptors (Lipinski definition) is 1. The third-order valence-electron chi connectivity index (χ3n) is 5.10. The van der Waals surface area contributed by atoms with E-state index in [9.17, 15) is 0 Å². The van der Waals surface area contributed by atoms with Crippen molar-refractivity contribution in [2.75, 3.05) is 7.11 Å². The molecule has 0 aliphatic carbocycles. The summed E-state index contributed by atoms with van der Waals surface area (Å²) in [6.45, 7) is 0. The Bertz CT molecular complexity index is 1200. The number of para-hydroxylation sites is 2. The van der Waals surface area contributed by atoms with Crippen molar-refractivity contribution in [1.29, 1.82) is 0 Å². The molecule has 1 aliphatic heterocycles. The predicted octanol–water partition coefficient (Wildman–Crippen LogP) is 3.93. The Morgan fingerprint density at radius 1 is 0.889 bits per heavy atom. The molecule has 130 valence electrons. The van der Waals surface area contributed by atoms with Gasteiger partial charge in [0.2, 0.25) is 5.69 Å². The van der Waals surface area contributed by atoms with Gasteiger partial charge >= 0.3 is 0 Å². The van der Waals surface area contributed by atoms with E-state index in [4.69, 9.17) is 4.74 Å². The lowest BCUT2D eigenvalue weighted by atomic mass is 9.90. The van der Waals surface area contributed by atoms with Crippen LogP contribution in [0.25, 0.3) is 22.0 Å². The zero-order valence-electron chi connectivity index (χ0n) is 15.0.